The van der Waals surface area contributed by atoms with Crippen LogP contribution < -0.4 is 5.32 Å². The van der Waals surface area contributed by atoms with Crippen LogP contribution in [0, 0.1) is 0 Å². The fourth-order valence-electron chi connectivity index (χ4n) is 1.42. The minimum atomic E-state index is -2.40. The van der Waals surface area contributed by atoms with Gasteiger partial charge in [-0.2, -0.15) is 0 Å². The molecular weight excluding hydrogens is 196 g/mol. The summed E-state index contributed by atoms with van der Waals surface area (Å²) < 4.78 is 25.7. The number of nitrogens with one attached hydrogen (secondary N) is 1. The van der Waals surface area contributed by atoms with Gasteiger partial charge in [-0.1, -0.05) is 30.3 Å². The van der Waals surface area contributed by atoms with E-state index in [2.05, 4.69) is 5.32 Å². The maximum atomic E-state index is 12.9. The van der Waals surface area contributed by atoms with Gasteiger partial charge in [0.2, 0.25) is 0 Å². The van der Waals surface area contributed by atoms with Crippen LogP contribution in [0.1, 0.15) is 32.4 Å². The highest BCUT2D eigenvalue weighted by molar-refractivity contribution is 5.19. The van der Waals surface area contributed by atoms with Gasteiger partial charge in [0.25, 0.3) is 6.43 Å². The van der Waals surface area contributed by atoms with E-state index in [-0.39, 0.29) is 5.54 Å². The lowest BCUT2D eigenvalue weighted by atomic mass is 10.0. The zero-order valence-corrected chi connectivity index (χ0v) is 9.30. The van der Waals surface area contributed by atoms with Crippen molar-refractivity contribution in [2.45, 2.75) is 38.8 Å². The second kappa shape index (κ2) is 4.71. The number of hydrogen-bond acceptors (Lipinski definition) is 1. The number of benzene rings is 1. The molecule has 0 fully saturated rings. The van der Waals surface area contributed by atoms with E-state index in [0.29, 0.717) is 5.56 Å². The predicted octanol–water partition coefficient (Wildman–Crippen LogP) is 3.38. The molecule has 1 rings (SSSR count). The number of halogens is 2. The predicted molar refractivity (Wildman–Crippen MR) is 58.1 cm³/mol. The summed E-state index contributed by atoms with van der Waals surface area (Å²) in [5.74, 6) is 0. The second-order valence-electron chi connectivity index (χ2n) is 4.62. The summed E-state index contributed by atoms with van der Waals surface area (Å²) in [7, 11) is 0. The summed E-state index contributed by atoms with van der Waals surface area (Å²) in [6.07, 6.45) is -2.40. The Bertz CT molecular complexity index is 290. The molecule has 1 aromatic carbocycles. The molecule has 1 N–H and O–H groups in total. The van der Waals surface area contributed by atoms with Crippen molar-refractivity contribution >= 4 is 0 Å². The van der Waals surface area contributed by atoms with E-state index in [1.807, 2.05) is 26.8 Å². The zero-order chi connectivity index (χ0) is 11.5. The SMILES string of the molecule is CC(C)(C)NC(c1ccccc1)C(F)F. The molecule has 0 heterocycles. The van der Waals surface area contributed by atoms with Gasteiger partial charge in [-0.15, -0.1) is 0 Å². The third kappa shape index (κ3) is 3.96. The van der Waals surface area contributed by atoms with E-state index in [1.165, 1.54) is 0 Å². The van der Waals surface area contributed by atoms with Gasteiger partial charge >= 0.3 is 0 Å². The van der Waals surface area contributed by atoms with Crippen LogP contribution in [0.3, 0.4) is 0 Å². The first kappa shape index (κ1) is 12.1. The molecule has 0 saturated carbocycles. The van der Waals surface area contributed by atoms with Crippen molar-refractivity contribution in [2.75, 3.05) is 0 Å². The molecule has 0 aromatic heterocycles. The van der Waals surface area contributed by atoms with Crippen molar-refractivity contribution in [2.24, 2.45) is 0 Å². The molecule has 1 nitrogen and oxygen atoms in total. The average molecular weight is 213 g/mol. The molecule has 0 saturated heterocycles. The Morgan fingerprint density at radius 2 is 1.60 bits per heavy atom. The van der Waals surface area contributed by atoms with E-state index < -0.39 is 12.5 Å². The maximum absolute atomic E-state index is 12.9. The van der Waals surface area contributed by atoms with Crippen molar-refractivity contribution < 1.29 is 8.78 Å². The lowest BCUT2D eigenvalue weighted by Gasteiger charge is -2.28. The third-order valence-corrected chi connectivity index (χ3v) is 2.00. The van der Waals surface area contributed by atoms with Crippen molar-refractivity contribution in [3.63, 3.8) is 0 Å². The van der Waals surface area contributed by atoms with E-state index in [9.17, 15) is 8.78 Å². The Labute approximate surface area is 89.5 Å². The van der Waals surface area contributed by atoms with E-state index in [1.54, 1.807) is 24.3 Å². The Balaban J connectivity index is 2.85. The number of hydrogen-bond donors (Lipinski definition) is 1. The van der Waals surface area contributed by atoms with Crippen LogP contribution in [-0.4, -0.2) is 12.0 Å². The smallest absolute Gasteiger partial charge is 0.257 e. The Morgan fingerprint density at radius 3 is 2.00 bits per heavy atom. The Kier molecular flexibility index (Phi) is 3.80. The first-order chi connectivity index (χ1) is 6.90. The first-order valence-corrected chi connectivity index (χ1v) is 5.01. The molecule has 0 amide bonds. The fraction of sp³-hybridized carbons (Fsp3) is 0.500. The van der Waals surface area contributed by atoms with E-state index in [0.717, 1.165) is 0 Å². The van der Waals surface area contributed by atoms with Crippen molar-refractivity contribution in [3.05, 3.63) is 35.9 Å². The molecule has 1 atom stereocenters. The lowest BCUT2D eigenvalue weighted by Crippen LogP contribution is -2.41. The van der Waals surface area contributed by atoms with Crippen molar-refractivity contribution in [1.29, 1.82) is 0 Å². The molecule has 1 unspecified atom stereocenters. The summed E-state index contributed by atoms with van der Waals surface area (Å²) in [6.45, 7) is 5.64. The number of rotatable bonds is 3. The van der Waals surface area contributed by atoms with Crippen LogP contribution in [0.25, 0.3) is 0 Å². The third-order valence-electron chi connectivity index (χ3n) is 2.00. The molecule has 0 aliphatic heterocycles. The van der Waals surface area contributed by atoms with Gasteiger partial charge in [-0.25, -0.2) is 8.78 Å². The van der Waals surface area contributed by atoms with Crippen LogP contribution in [0.5, 0.6) is 0 Å². The molecule has 0 bridgehead atoms. The van der Waals surface area contributed by atoms with E-state index in [4.69, 9.17) is 0 Å². The largest absolute Gasteiger partial charge is 0.300 e. The summed E-state index contributed by atoms with van der Waals surface area (Å²) in [6, 6.07) is 7.91. The molecule has 84 valence electrons. The van der Waals surface area contributed by atoms with Gasteiger partial charge in [-0.3, -0.25) is 0 Å². The van der Waals surface area contributed by atoms with Crippen molar-refractivity contribution in [3.8, 4) is 0 Å². The first-order valence-electron chi connectivity index (χ1n) is 5.01. The van der Waals surface area contributed by atoms with Gasteiger partial charge in [0.05, 0.1) is 6.04 Å². The van der Waals surface area contributed by atoms with Gasteiger partial charge in [0.1, 0.15) is 0 Å². The second-order valence-corrected chi connectivity index (χ2v) is 4.62. The number of alkyl halides is 2. The summed E-state index contributed by atoms with van der Waals surface area (Å²) in [5.41, 5.74) is 0.305. The highest BCUT2D eigenvalue weighted by atomic mass is 19.3. The minimum absolute atomic E-state index is 0.322. The van der Waals surface area contributed by atoms with Crippen LogP contribution in [0.15, 0.2) is 30.3 Å². The fourth-order valence-corrected chi connectivity index (χ4v) is 1.42. The standard InChI is InChI=1S/C12H17F2N/c1-12(2,3)15-10(11(13)14)9-7-5-4-6-8-9/h4-8,10-11,15H,1-3H3. The minimum Gasteiger partial charge on any atom is -0.300 e. The molecule has 0 aliphatic rings. The van der Waals surface area contributed by atoms with Gasteiger partial charge < -0.3 is 5.32 Å². The van der Waals surface area contributed by atoms with Crippen LogP contribution in [0.4, 0.5) is 8.78 Å². The maximum Gasteiger partial charge on any atom is 0.257 e. The molecule has 1 aromatic rings. The van der Waals surface area contributed by atoms with Crippen LogP contribution >= 0.6 is 0 Å². The van der Waals surface area contributed by atoms with E-state index >= 15 is 0 Å². The molecule has 0 radical (unpaired) electrons. The van der Waals surface area contributed by atoms with Gasteiger partial charge in [-0.05, 0) is 26.3 Å². The average Bonchev–Trinajstić information content (AvgIpc) is 2.14. The zero-order valence-electron chi connectivity index (χ0n) is 9.30. The molecule has 0 spiro atoms. The summed E-state index contributed by atoms with van der Waals surface area (Å²) in [5, 5.41) is 2.92. The molecule has 0 aliphatic carbocycles. The van der Waals surface area contributed by atoms with Crippen molar-refractivity contribution in [1.82, 2.24) is 5.32 Å². The lowest BCUT2D eigenvalue weighted by molar-refractivity contribution is 0.0846. The highest BCUT2D eigenvalue weighted by Gasteiger charge is 2.26. The van der Waals surface area contributed by atoms with Gasteiger partial charge in [0, 0.05) is 5.54 Å². The quantitative estimate of drug-likeness (QED) is 0.811. The summed E-state index contributed by atoms with van der Waals surface area (Å²) >= 11 is 0. The van der Waals surface area contributed by atoms with Gasteiger partial charge in [0.15, 0.2) is 0 Å². The normalized spacial score (nSPS) is 14.3. The Hall–Kier alpha value is -0.960. The highest BCUT2D eigenvalue weighted by Crippen LogP contribution is 2.23. The monoisotopic (exact) mass is 213 g/mol. The summed E-state index contributed by atoms with van der Waals surface area (Å²) in [4.78, 5) is 0. The molecular formula is C12H17F2N. The Morgan fingerprint density at radius 1 is 1.07 bits per heavy atom. The van der Waals surface area contributed by atoms with Crippen LogP contribution in [0.2, 0.25) is 0 Å². The topological polar surface area (TPSA) is 12.0 Å². The molecule has 3 heteroatoms. The van der Waals surface area contributed by atoms with Crippen LogP contribution in [-0.2, 0) is 0 Å². The molecule has 15 heavy (non-hydrogen) atoms.